The van der Waals surface area contributed by atoms with E-state index >= 15 is 0 Å². The first kappa shape index (κ1) is 15.0. The summed E-state index contributed by atoms with van der Waals surface area (Å²) in [7, 11) is 1.86. The molecule has 0 bridgehead atoms. The maximum Gasteiger partial charge on any atom is 0.247 e. The van der Waals surface area contributed by atoms with Gasteiger partial charge in [-0.1, -0.05) is 25.1 Å². The minimum absolute atomic E-state index is 0. The first-order valence-corrected chi connectivity index (χ1v) is 6.28. The topological polar surface area (TPSA) is 32.3 Å². The molecular formula is C14H21ClN2O. The summed E-state index contributed by atoms with van der Waals surface area (Å²) in [5.74, 6) is 0.184. The standard InChI is InChI=1S/C14H20N2O.ClH/c1-3-14(10-7-11-15-14)13(17)16(2)12-8-5-4-6-9-12;/h4-6,8-9,15H,3,7,10-11H2,1-2H3;1H. The molecule has 1 unspecified atom stereocenters. The van der Waals surface area contributed by atoms with E-state index in [0.717, 1.165) is 31.5 Å². The third kappa shape index (κ3) is 2.68. The minimum Gasteiger partial charge on any atom is -0.314 e. The van der Waals surface area contributed by atoms with Crippen molar-refractivity contribution in [3.63, 3.8) is 0 Å². The van der Waals surface area contributed by atoms with Crippen LogP contribution in [0.15, 0.2) is 30.3 Å². The summed E-state index contributed by atoms with van der Waals surface area (Å²) in [6, 6.07) is 9.82. The number of rotatable bonds is 3. The first-order valence-electron chi connectivity index (χ1n) is 6.28. The molecular weight excluding hydrogens is 248 g/mol. The second-order valence-electron chi connectivity index (χ2n) is 4.67. The van der Waals surface area contributed by atoms with E-state index in [-0.39, 0.29) is 23.9 Å². The Morgan fingerprint density at radius 3 is 2.56 bits per heavy atom. The zero-order valence-electron chi connectivity index (χ0n) is 11.0. The highest BCUT2D eigenvalue weighted by molar-refractivity contribution is 6.00. The quantitative estimate of drug-likeness (QED) is 0.914. The normalized spacial score (nSPS) is 22.3. The number of benzene rings is 1. The van der Waals surface area contributed by atoms with Gasteiger partial charge in [-0.2, -0.15) is 0 Å². The van der Waals surface area contributed by atoms with Crippen LogP contribution in [0, 0.1) is 0 Å². The molecule has 1 aromatic rings. The van der Waals surface area contributed by atoms with Gasteiger partial charge in [0, 0.05) is 12.7 Å². The summed E-state index contributed by atoms with van der Waals surface area (Å²) in [4.78, 5) is 14.3. The van der Waals surface area contributed by atoms with E-state index in [4.69, 9.17) is 0 Å². The Balaban J connectivity index is 0.00000162. The van der Waals surface area contributed by atoms with E-state index in [9.17, 15) is 4.79 Å². The molecule has 0 spiro atoms. The van der Waals surface area contributed by atoms with Crippen molar-refractivity contribution < 1.29 is 4.79 Å². The smallest absolute Gasteiger partial charge is 0.247 e. The Kier molecular flexibility index (Phi) is 5.17. The van der Waals surface area contributed by atoms with E-state index in [1.807, 2.05) is 37.4 Å². The Morgan fingerprint density at radius 1 is 1.39 bits per heavy atom. The summed E-state index contributed by atoms with van der Waals surface area (Å²) in [5, 5.41) is 3.38. The fourth-order valence-corrected chi connectivity index (χ4v) is 2.53. The van der Waals surface area contributed by atoms with Gasteiger partial charge in [0.15, 0.2) is 0 Å². The number of carbonyl (C=O) groups is 1. The molecule has 1 saturated heterocycles. The third-order valence-electron chi connectivity index (χ3n) is 3.70. The molecule has 1 heterocycles. The molecule has 3 nitrogen and oxygen atoms in total. The highest BCUT2D eigenvalue weighted by atomic mass is 35.5. The van der Waals surface area contributed by atoms with E-state index < -0.39 is 0 Å². The van der Waals surface area contributed by atoms with Gasteiger partial charge in [0.1, 0.15) is 0 Å². The number of anilines is 1. The molecule has 0 aromatic heterocycles. The van der Waals surface area contributed by atoms with Crippen molar-refractivity contribution in [1.29, 1.82) is 0 Å². The van der Waals surface area contributed by atoms with Crippen LogP contribution in [0.5, 0.6) is 0 Å². The Bertz CT molecular complexity index is 388. The SMILES string of the molecule is CCC1(C(=O)N(C)c2ccccc2)CCCN1.Cl. The van der Waals surface area contributed by atoms with Crippen LogP contribution >= 0.6 is 12.4 Å². The number of nitrogens with zero attached hydrogens (tertiary/aromatic N) is 1. The summed E-state index contributed by atoms with van der Waals surface area (Å²) in [6.07, 6.45) is 2.88. The number of hydrogen-bond donors (Lipinski definition) is 1. The molecule has 18 heavy (non-hydrogen) atoms. The van der Waals surface area contributed by atoms with Crippen molar-refractivity contribution in [2.45, 2.75) is 31.7 Å². The lowest BCUT2D eigenvalue weighted by Crippen LogP contribution is -2.53. The number of hydrogen-bond acceptors (Lipinski definition) is 2. The number of carbonyl (C=O) groups excluding carboxylic acids is 1. The summed E-state index contributed by atoms with van der Waals surface area (Å²) < 4.78 is 0. The average molecular weight is 269 g/mol. The van der Waals surface area contributed by atoms with Crippen molar-refractivity contribution in [3.8, 4) is 0 Å². The minimum atomic E-state index is -0.343. The second-order valence-corrected chi connectivity index (χ2v) is 4.67. The molecule has 1 aliphatic heterocycles. The average Bonchev–Trinajstić information content (AvgIpc) is 2.88. The molecule has 0 radical (unpaired) electrons. The van der Waals surface area contributed by atoms with Crippen LogP contribution < -0.4 is 10.2 Å². The van der Waals surface area contributed by atoms with E-state index in [1.165, 1.54) is 0 Å². The van der Waals surface area contributed by atoms with Crippen molar-refractivity contribution in [2.75, 3.05) is 18.5 Å². The summed E-state index contributed by atoms with van der Waals surface area (Å²) in [5.41, 5.74) is 0.615. The van der Waals surface area contributed by atoms with Crippen LogP contribution in [0.2, 0.25) is 0 Å². The van der Waals surface area contributed by atoms with Gasteiger partial charge in [0.25, 0.3) is 0 Å². The maximum atomic E-state index is 12.6. The van der Waals surface area contributed by atoms with Crippen LogP contribution in [0.3, 0.4) is 0 Å². The fourth-order valence-electron chi connectivity index (χ4n) is 2.53. The van der Waals surface area contributed by atoms with Gasteiger partial charge < -0.3 is 10.2 Å². The number of nitrogens with one attached hydrogen (secondary N) is 1. The molecule has 1 amide bonds. The van der Waals surface area contributed by atoms with Gasteiger partial charge >= 0.3 is 0 Å². The van der Waals surface area contributed by atoms with Gasteiger partial charge in [-0.15, -0.1) is 12.4 Å². The van der Waals surface area contributed by atoms with E-state index in [2.05, 4.69) is 12.2 Å². The molecule has 0 saturated carbocycles. The van der Waals surface area contributed by atoms with Crippen molar-refractivity contribution in [2.24, 2.45) is 0 Å². The molecule has 1 fully saturated rings. The number of para-hydroxylation sites is 1. The van der Waals surface area contributed by atoms with Crippen LogP contribution in [0.4, 0.5) is 5.69 Å². The molecule has 1 aromatic carbocycles. The van der Waals surface area contributed by atoms with Crippen molar-refractivity contribution in [1.82, 2.24) is 5.32 Å². The third-order valence-corrected chi connectivity index (χ3v) is 3.70. The zero-order chi connectivity index (χ0) is 12.3. The van der Waals surface area contributed by atoms with Crippen LogP contribution in [0.1, 0.15) is 26.2 Å². The lowest BCUT2D eigenvalue weighted by molar-refractivity contribution is -0.124. The Labute approximate surface area is 115 Å². The van der Waals surface area contributed by atoms with Gasteiger partial charge in [0.05, 0.1) is 5.54 Å². The largest absolute Gasteiger partial charge is 0.314 e. The molecule has 1 atom stereocenters. The number of amides is 1. The van der Waals surface area contributed by atoms with Crippen molar-refractivity contribution in [3.05, 3.63) is 30.3 Å². The molecule has 2 rings (SSSR count). The molecule has 100 valence electrons. The number of likely N-dealkylation sites (N-methyl/N-ethyl adjacent to an activating group) is 1. The molecule has 4 heteroatoms. The lowest BCUT2D eigenvalue weighted by atomic mass is 9.92. The predicted molar refractivity (Wildman–Crippen MR) is 77.4 cm³/mol. The van der Waals surface area contributed by atoms with Crippen LogP contribution in [0.25, 0.3) is 0 Å². The van der Waals surface area contributed by atoms with Gasteiger partial charge in [0.2, 0.25) is 5.91 Å². The maximum absolute atomic E-state index is 12.6. The highest BCUT2D eigenvalue weighted by Crippen LogP contribution is 2.27. The predicted octanol–water partition coefficient (Wildman–Crippen LogP) is 2.60. The molecule has 1 N–H and O–H groups in total. The Hall–Kier alpha value is -1.06. The summed E-state index contributed by atoms with van der Waals surface area (Å²) in [6.45, 7) is 3.03. The van der Waals surface area contributed by atoms with Gasteiger partial charge in [-0.3, -0.25) is 4.79 Å². The molecule has 1 aliphatic rings. The monoisotopic (exact) mass is 268 g/mol. The first-order chi connectivity index (χ1) is 8.19. The van der Waals surface area contributed by atoms with Gasteiger partial charge in [-0.05, 0) is 37.9 Å². The lowest BCUT2D eigenvalue weighted by Gasteiger charge is -2.31. The fraction of sp³-hybridized carbons (Fsp3) is 0.500. The summed E-state index contributed by atoms with van der Waals surface area (Å²) >= 11 is 0. The van der Waals surface area contributed by atoms with Crippen LogP contribution in [-0.4, -0.2) is 25.0 Å². The second kappa shape index (κ2) is 6.21. The van der Waals surface area contributed by atoms with E-state index in [0.29, 0.717) is 0 Å². The van der Waals surface area contributed by atoms with Gasteiger partial charge in [-0.25, -0.2) is 0 Å². The Morgan fingerprint density at radius 2 is 2.06 bits per heavy atom. The molecule has 0 aliphatic carbocycles. The number of halogens is 1. The van der Waals surface area contributed by atoms with Crippen LogP contribution in [-0.2, 0) is 4.79 Å². The highest BCUT2D eigenvalue weighted by Gasteiger charge is 2.41. The zero-order valence-corrected chi connectivity index (χ0v) is 11.8. The van der Waals surface area contributed by atoms with Crippen molar-refractivity contribution >= 4 is 24.0 Å². The van der Waals surface area contributed by atoms with E-state index in [1.54, 1.807) is 4.90 Å².